The molecule has 0 saturated carbocycles. The molecule has 0 spiro atoms. The van der Waals surface area contributed by atoms with Gasteiger partial charge in [-0.05, 0) is 56.6 Å². The molecule has 1 aromatic heterocycles. The third kappa shape index (κ3) is 3.15. The quantitative estimate of drug-likeness (QED) is 0.774. The molecule has 25 heavy (non-hydrogen) atoms. The van der Waals surface area contributed by atoms with E-state index in [9.17, 15) is 4.79 Å². The Balaban J connectivity index is 1.64. The number of aryl methyl sites for hydroxylation is 1. The van der Waals surface area contributed by atoms with E-state index in [2.05, 4.69) is 32.3 Å². The van der Waals surface area contributed by atoms with Gasteiger partial charge in [0.1, 0.15) is 5.82 Å². The smallest absolute Gasteiger partial charge is 0.251 e. The van der Waals surface area contributed by atoms with Gasteiger partial charge in [0.05, 0.1) is 11.0 Å². The zero-order valence-corrected chi connectivity index (χ0v) is 14.3. The maximum absolute atomic E-state index is 12.5. The summed E-state index contributed by atoms with van der Waals surface area (Å²) in [4.78, 5) is 17.2. The van der Waals surface area contributed by atoms with Gasteiger partial charge < -0.3 is 10.6 Å². The van der Waals surface area contributed by atoms with Crippen molar-refractivity contribution in [3.8, 4) is 5.69 Å². The summed E-state index contributed by atoms with van der Waals surface area (Å²) in [6.07, 6.45) is 2.13. The number of carbonyl (C=O) groups excluding carboxylic acids is 1. The standard InChI is InChI=1S/C20H22N4O/c1-14-22-18-12-15(20(25)23-16-6-5-11-21-13-16)9-10-19(18)24(14)17-7-3-2-4-8-17/h2-4,7-10,12,16,21H,5-6,11,13H2,1H3,(H,23,25)/t16-/m0/s1. The molecule has 1 atom stereocenters. The zero-order valence-electron chi connectivity index (χ0n) is 14.3. The average Bonchev–Trinajstić information content (AvgIpc) is 2.98. The van der Waals surface area contributed by atoms with Crippen molar-refractivity contribution in [2.24, 2.45) is 0 Å². The highest BCUT2D eigenvalue weighted by molar-refractivity contribution is 5.97. The van der Waals surface area contributed by atoms with Gasteiger partial charge >= 0.3 is 0 Å². The highest BCUT2D eigenvalue weighted by Gasteiger charge is 2.17. The number of para-hydroxylation sites is 1. The van der Waals surface area contributed by atoms with Gasteiger partial charge in [0.25, 0.3) is 5.91 Å². The number of piperidine rings is 1. The van der Waals surface area contributed by atoms with Crippen molar-refractivity contribution in [1.29, 1.82) is 0 Å². The molecule has 1 saturated heterocycles. The van der Waals surface area contributed by atoms with Crippen LogP contribution in [0.15, 0.2) is 48.5 Å². The van der Waals surface area contributed by atoms with Crippen molar-refractivity contribution in [2.75, 3.05) is 13.1 Å². The normalized spacial score (nSPS) is 17.6. The maximum atomic E-state index is 12.5. The van der Waals surface area contributed by atoms with Crippen LogP contribution in [0.2, 0.25) is 0 Å². The fourth-order valence-electron chi connectivity index (χ4n) is 3.49. The van der Waals surface area contributed by atoms with E-state index >= 15 is 0 Å². The van der Waals surface area contributed by atoms with Crippen LogP contribution in [0, 0.1) is 6.92 Å². The van der Waals surface area contributed by atoms with Crippen molar-refractivity contribution in [3.63, 3.8) is 0 Å². The third-order valence-corrected chi connectivity index (χ3v) is 4.73. The van der Waals surface area contributed by atoms with Crippen molar-refractivity contribution < 1.29 is 4.79 Å². The summed E-state index contributed by atoms with van der Waals surface area (Å²) in [6.45, 7) is 3.87. The second-order valence-electron chi connectivity index (χ2n) is 6.55. The third-order valence-electron chi connectivity index (χ3n) is 4.73. The molecule has 2 aromatic carbocycles. The molecule has 5 nitrogen and oxygen atoms in total. The maximum Gasteiger partial charge on any atom is 0.251 e. The first-order valence-corrected chi connectivity index (χ1v) is 8.78. The van der Waals surface area contributed by atoms with Crippen molar-refractivity contribution >= 4 is 16.9 Å². The van der Waals surface area contributed by atoms with Crippen LogP contribution < -0.4 is 10.6 Å². The minimum Gasteiger partial charge on any atom is -0.348 e. The SMILES string of the molecule is Cc1nc2cc(C(=O)N[C@H]3CCCNC3)ccc2n1-c1ccccc1. The highest BCUT2D eigenvalue weighted by atomic mass is 16.1. The first kappa shape index (κ1) is 15.8. The molecule has 128 valence electrons. The van der Waals surface area contributed by atoms with E-state index in [0.717, 1.165) is 48.5 Å². The highest BCUT2D eigenvalue weighted by Crippen LogP contribution is 2.22. The first-order chi connectivity index (χ1) is 12.2. The lowest BCUT2D eigenvalue weighted by Crippen LogP contribution is -2.45. The van der Waals surface area contributed by atoms with Crippen molar-refractivity contribution in [3.05, 3.63) is 59.9 Å². The van der Waals surface area contributed by atoms with E-state index < -0.39 is 0 Å². The summed E-state index contributed by atoms with van der Waals surface area (Å²) in [5.74, 6) is 0.887. The molecule has 4 rings (SSSR count). The fraction of sp³-hybridized carbons (Fsp3) is 0.300. The molecule has 3 aromatic rings. The van der Waals surface area contributed by atoms with Gasteiger partial charge in [-0.3, -0.25) is 9.36 Å². The Bertz CT molecular complexity index is 895. The van der Waals surface area contributed by atoms with Gasteiger partial charge in [0, 0.05) is 23.8 Å². The summed E-state index contributed by atoms with van der Waals surface area (Å²) < 4.78 is 2.11. The van der Waals surface area contributed by atoms with Gasteiger partial charge in [0.2, 0.25) is 0 Å². The Morgan fingerprint density at radius 1 is 1.24 bits per heavy atom. The molecule has 5 heteroatoms. The van der Waals surface area contributed by atoms with Crippen LogP contribution in [0.4, 0.5) is 0 Å². The molecule has 1 fully saturated rings. The Morgan fingerprint density at radius 3 is 2.84 bits per heavy atom. The van der Waals surface area contributed by atoms with Crippen LogP contribution in [0.3, 0.4) is 0 Å². The molecule has 2 heterocycles. The number of imidazole rings is 1. The summed E-state index contributed by atoms with van der Waals surface area (Å²) >= 11 is 0. The number of hydrogen-bond acceptors (Lipinski definition) is 3. The van der Waals surface area contributed by atoms with Crippen molar-refractivity contribution in [2.45, 2.75) is 25.8 Å². The molecule has 0 aliphatic carbocycles. The minimum absolute atomic E-state index is 0.0254. The van der Waals surface area contributed by atoms with Gasteiger partial charge in [-0.1, -0.05) is 18.2 Å². The van der Waals surface area contributed by atoms with Crippen LogP contribution in [-0.4, -0.2) is 34.6 Å². The number of rotatable bonds is 3. The summed E-state index contributed by atoms with van der Waals surface area (Å²) in [5.41, 5.74) is 3.60. The summed E-state index contributed by atoms with van der Waals surface area (Å²) in [6, 6.07) is 16.1. The topological polar surface area (TPSA) is 59.0 Å². The van der Waals surface area contributed by atoms with Gasteiger partial charge in [-0.2, -0.15) is 0 Å². The van der Waals surface area contributed by atoms with E-state index in [1.165, 1.54) is 0 Å². The summed E-state index contributed by atoms with van der Waals surface area (Å²) in [5, 5.41) is 6.44. The lowest BCUT2D eigenvalue weighted by atomic mass is 10.1. The van der Waals surface area contributed by atoms with Crippen LogP contribution in [0.25, 0.3) is 16.7 Å². The predicted octanol–water partition coefficient (Wildman–Crippen LogP) is 2.82. The van der Waals surface area contributed by atoms with Gasteiger partial charge in [-0.25, -0.2) is 4.98 Å². The number of fused-ring (bicyclic) bond motifs is 1. The Hall–Kier alpha value is -2.66. The number of aromatic nitrogens is 2. The summed E-state index contributed by atoms with van der Waals surface area (Å²) in [7, 11) is 0. The second kappa shape index (κ2) is 6.69. The number of nitrogens with zero attached hydrogens (tertiary/aromatic N) is 2. The number of carbonyl (C=O) groups is 1. The van der Waals surface area contributed by atoms with Crippen molar-refractivity contribution in [1.82, 2.24) is 20.2 Å². The van der Waals surface area contributed by atoms with Gasteiger partial charge in [0.15, 0.2) is 0 Å². The Kier molecular flexibility index (Phi) is 4.24. The molecule has 0 bridgehead atoms. The average molecular weight is 334 g/mol. The van der Waals surface area contributed by atoms with Crippen LogP contribution in [0.5, 0.6) is 0 Å². The molecule has 2 N–H and O–H groups in total. The Morgan fingerprint density at radius 2 is 2.08 bits per heavy atom. The second-order valence-corrected chi connectivity index (χ2v) is 6.55. The minimum atomic E-state index is -0.0254. The van der Waals surface area contributed by atoms with Crippen LogP contribution in [-0.2, 0) is 0 Å². The molecule has 0 unspecified atom stereocenters. The fourth-order valence-corrected chi connectivity index (χ4v) is 3.49. The number of hydrogen-bond donors (Lipinski definition) is 2. The molecular weight excluding hydrogens is 312 g/mol. The number of benzene rings is 2. The van der Waals surface area contributed by atoms with E-state index in [1.54, 1.807) is 0 Å². The van der Waals surface area contributed by atoms with E-state index in [-0.39, 0.29) is 11.9 Å². The largest absolute Gasteiger partial charge is 0.348 e. The number of nitrogens with one attached hydrogen (secondary N) is 2. The molecule has 1 aliphatic rings. The number of amides is 1. The van der Waals surface area contributed by atoms with E-state index in [4.69, 9.17) is 0 Å². The van der Waals surface area contributed by atoms with Gasteiger partial charge in [-0.15, -0.1) is 0 Å². The predicted molar refractivity (Wildman–Crippen MR) is 99.2 cm³/mol. The van der Waals surface area contributed by atoms with E-state index in [0.29, 0.717) is 5.56 Å². The molecular formula is C20H22N4O. The van der Waals surface area contributed by atoms with E-state index in [1.807, 2.05) is 43.3 Å². The lowest BCUT2D eigenvalue weighted by molar-refractivity contribution is 0.0931. The molecule has 1 amide bonds. The zero-order chi connectivity index (χ0) is 17.2. The Labute approximate surface area is 147 Å². The van der Waals surface area contributed by atoms with Crippen LogP contribution in [0.1, 0.15) is 29.0 Å². The monoisotopic (exact) mass is 334 g/mol. The lowest BCUT2D eigenvalue weighted by Gasteiger charge is -2.23. The first-order valence-electron chi connectivity index (χ1n) is 8.78. The molecule has 1 aliphatic heterocycles. The van der Waals surface area contributed by atoms with Crippen LogP contribution >= 0.6 is 0 Å². The molecule has 0 radical (unpaired) electrons.